The average Bonchev–Trinajstić information content (AvgIpc) is 3.13. The van der Waals surface area contributed by atoms with Crippen molar-refractivity contribution in [2.45, 2.75) is 24.5 Å². The van der Waals surface area contributed by atoms with Gasteiger partial charge in [-0.1, -0.05) is 0 Å². The van der Waals surface area contributed by atoms with Gasteiger partial charge in [-0.25, -0.2) is 13.9 Å². The number of piperidine rings is 2. The van der Waals surface area contributed by atoms with Gasteiger partial charge in [0.15, 0.2) is 0 Å². The summed E-state index contributed by atoms with van der Waals surface area (Å²) in [4.78, 5) is 28.4. The van der Waals surface area contributed by atoms with Crippen LogP contribution in [-0.4, -0.2) is 76.5 Å². The molecule has 1 aromatic carbocycles. The minimum Gasteiger partial charge on any atom is -0.366 e. The second kappa shape index (κ2) is 7.05. The van der Waals surface area contributed by atoms with Crippen molar-refractivity contribution in [2.24, 2.45) is 11.8 Å². The standard InChI is InChI=1S/C22H24FN5O3/c23-13-1-3-14(4-2-13)28-8-5-17(25-28)21-15-9-27(10-16(15)21)22(30)26-7-6-19-18(11-26)24-20(29)12-31-19/h1-5,8,15-16,18-19,21H,6-7,9-12H2,(H,24,29)/t15-,16+,18-,19+,21-/m1/s1. The third-order valence-electron chi connectivity index (χ3n) is 7.10. The summed E-state index contributed by atoms with van der Waals surface area (Å²) in [6.45, 7) is 2.76. The third-order valence-corrected chi connectivity index (χ3v) is 7.10. The van der Waals surface area contributed by atoms with E-state index in [1.165, 1.54) is 12.1 Å². The van der Waals surface area contributed by atoms with Gasteiger partial charge in [-0.2, -0.15) is 5.10 Å². The lowest BCUT2D eigenvalue weighted by Crippen LogP contribution is -2.62. The maximum Gasteiger partial charge on any atom is 0.320 e. The molecule has 8 nitrogen and oxygen atoms in total. The highest BCUT2D eigenvalue weighted by molar-refractivity contribution is 5.79. The number of hydrogen-bond donors (Lipinski definition) is 1. The normalized spacial score (nSPS) is 31.8. The van der Waals surface area contributed by atoms with Crippen LogP contribution in [0.2, 0.25) is 0 Å². The number of amides is 3. The van der Waals surface area contributed by atoms with Crippen LogP contribution >= 0.6 is 0 Å². The van der Waals surface area contributed by atoms with E-state index in [2.05, 4.69) is 5.32 Å². The second-order valence-corrected chi connectivity index (χ2v) is 8.96. The number of likely N-dealkylation sites (tertiary alicyclic amines) is 2. The fraction of sp³-hybridized carbons (Fsp3) is 0.500. The van der Waals surface area contributed by atoms with Gasteiger partial charge < -0.3 is 19.9 Å². The molecule has 9 heteroatoms. The molecule has 1 N–H and O–H groups in total. The molecule has 6 rings (SSSR count). The van der Waals surface area contributed by atoms with Gasteiger partial charge in [-0.3, -0.25) is 4.79 Å². The number of nitrogens with zero attached hydrogens (tertiary/aromatic N) is 4. The first kappa shape index (κ1) is 18.8. The molecule has 0 bridgehead atoms. The molecule has 162 valence electrons. The van der Waals surface area contributed by atoms with Gasteiger partial charge in [0, 0.05) is 38.3 Å². The minimum absolute atomic E-state index is 0.00864. The zero-order valence-corrected chi connectivity index (χ0v) is 17.0. The predicted molar refractivity (Wildman–Crippen MR) is 108 cm³/mol. The van der Waals surface area contributed by atoms with Crippen LogP contribution in [-0.2, 0) is 9.53 Å². The molecule has 4 aliphatic rings. The minimum atomic E-state index is -0.264. The summed E-state index contributed by atoms with van der Waals surface area (Å²) in [6.07, 6.45) is 2.67. The number of fused-ring (bicyclic) bond motifs is 2. The fourth-order valence-electron chi connectivity index (χ4n) is 5.45. The smallest absolute Gasteiger partial charge is 0.320 e. The zero-order valence-electron chi connectivity index (χ0n) is 17.0. The van der Waals surface area contributed by atoms with Crippen molar-refractivity contribution >= 4 is 11.9 Å². The molecular weight excluding hydrogens is 401 g/mol. The van der Waals surface area contributed by atoms with E-state index in [0.717, 1.165) is 30.9 Å². The number of halogens is 1. The van der Waals surface area contributed by atoms with Crippen molar-refractivity contribution in [1.82, 2.24) is 24.9 Å². The molecule has 1 saturated carbocycles. The lowest BCUT2D eigenvalue weighted by Gasteiger charge is -2.42. The van der Waals surface area contributed by atoms with Crippen molar-refractivity contribution in [2.75, 3.05) is 32.8 Å². The molecule has 5 atom stereocenters. The fourth-order valence-corrected chi connectivity index (χ4v) is 5.45. The Morgan fingerprint density at radius 2 is 1.87 bits per heavy atom. The molecule has 3 saturated heterocycles. The van der Waals surface area contributed by atoms with E-state index in [9.17, 15) is 14.0 Å². The summed E-state index contributed by atoms with van der Waals surface area (Å²) in [6, 6.07) is 8.25. The van der Waals surface area contributed by atoms with Crippen molar-refractivity contribution in [3.8, 4) is 5.69 Å². The van der Waals surface area contributed by atoms with E-state index >= 15 is 0 Å². The number of carbonyl (C=O) groups excluding carboxylic acids is 2. The summed E-state index contributed by atoms with van der Waals surface area (Å²) in [7, 11) is 0. The number of rotatable bonds is 2. The molecule has 4 heterocycles. The van der Waals surface area contributed by atoms with Crippen LogP contribution in [0.15, 0.2) is 36.5 Å². The number of hydrogen-bond acceptors (Lipinski definition) is 4. The lowest BCUT2D eigenvalue weighted by molar-refractivity contribution is -0.139. The largest absolute Gasteiger partial charge is 0.366 e. The molecule has 1 aromatic heterocycles. The van der Waals surface area contributed by atoms with Crippen molar-refractivity contribution < 1.29 is 18.7 Å². The number of carbonyl (C=O) groups is 2. The lowest BCUT2D eigenvalue weighted by atomic mass is 10.0. The average molecular weight is 425 g/mol. The van der Waals surface area contributed by atoms with Crippen LogP contribution in [0.5, 0.6) is 0 Å². The van der Waals surface area contributed by atoms with Crippen molar-refractivity contribution in [1.29, 1.82) is 0 Å². The summed E-state index contributed by atoms with van der Waals surface area (Å²) >= 11 is 0. The number of urea groups is 1. The Bertz CT molecular complexity index is 1010. The zero-order chi connectivity index (χ0) is 21.1. The van der Waals surface area contributed by atoms with Gasteiger partial charge in [0.2, 0.25) is 5.91 Å². The third kappa shape index (κ3) is 3.27. The quantitative estimate of drug-likeness (QED) is 0.788. The molecule has 2 aromatic rings. The Labute approximate surface area is 178 Å². The van der Waals surface area contributed by atoms with Crippen LogP contribution in [0.25, 0.3) is 5.69 Å². The van der Waals surface area contributed by atoms with Crippen LogP contribution in [0, 0.1) is 17.7 Å². The second-order valence-electron chi connectivity index (χ2n) is 8.96. The summed E-state index contributed by atoms with van der Waals surface area (Å²) in [5, 5.41) is 7.64. The first-order valence-corrected chi connectivity index (χ1v) is 10.8. The monoisotopic (exact) mass is 425 g/mol. The van der Waals surface area contributed by atoms with Gasteiger partial charge >= 0.3 is 6.03 Å². The first-order valence-electron chi connectivity index (χ1n) is 10.8. The number of aromatic nitrogens is 2. The molecule has 0 unspecified atom stereocenters. The highest BCUT2D eigenvalue weighted by Crippen LogP contribution is 2.57. The maximum absolute atomic E-state index is 13.1. The Morgan fingerprint density at radius 3 is 2.65 bits per heavy atom. The first-order chi connectivity index (χ1) is 15.1. The Hall–Kier alpha value is -2.94. The van der Waals surface area contributed by atoms with E-state index < -0.39 is 0 Å². The maximum atomic E-state index is 13.1. The van der Waals surface area contributed by atoms with Gasteiger partial charge in [-0.15, -0.1) is 0 Å². The SMILES string of the molecule is O=C1CO[C@H]2CCN(C(=O)N3C[C@@H]4[C@H](C3)[C@@H]4c3ccn(-c4ccc(F)cc4)n3)C[C@H]2N1. The van der Waals surface area contributed by atoms with E-state index in [1.807, 2.05) is 22.1 Å². The van der Waals surface area contributed by atoms with E-state index in [0.29, 0.717) is 30.8 Å². The van der Waals surface area contributed by atoms with E-state index in [1.54, 1.807) is 16.8 Å². The van der Waals surface area contributed by atoms with Crippen LogP contribution in [0.3, 0.4) is 0 Å². The van der Waals surface area contributed by atoms with Gasteiger partial charge in [-0.05, 0) is 48.6 Å². The molecule has 31 heavy (non-hydrogen) atoms. The number of morpholine rings is 1. The number of nitrogens with one attached hydrogen (secondary N) is 1. The predicted octanol–water partition coefficient (Wildman–Crippen LogP) is 1.37. The Kier molecular flexibility index (Phi) is 4.27. The topological polar surface area (TPSA) is 79.7 Å². The molecule has 3 aliphatic heterocycles. The molecule has 4 fully saturated rings. The molecule has 1 aliphatic carbocycles. The number of ether oxygens (including phenoxy) is 1. The highest BCUT2D eigenvalue weighted by atomic mass is 19.1. The molecule has 0 spiro atoms. The van der Waals surface area contributed by atoms with Gasteiger partial charge in [0.1, 0.15) is 12.4 Å². The summed E-state index contributed by atoms with van der Waals surface area (Å²) in [5.41, 5.74) is 1.87. The Balaban J connectivity index is 1.07. The van der Waals surface area contributed by atoms with E-state index in [-0.39, 0.29) is 36.5 Å². The molecule has 3 amide bonds. The number of benzene rings is 1. The van der Waals surface area contributed by atoms with Crippen LogP contribution in [0.1, 0.15) is 18.0 Å². The summed E-state index contributed by atoms with van der Waals surface area (Å²) in [5.74, 6) is 0.884. The van der Waals surface area contributed by atoms with Crippen LogP contribution < -0.4 is 5.32 Å². The Morgan fingerprint density at radius 1 is 1.10 bits per heavy atom. The molecule has 0 radical (unpaired) electrons. The highest BCUT2D eigenvalue weighted by Gasteiger charge is 2.58. The van der Waals surface area contributed by atoms with Crippen LogP contribution in [0.4, 0.5) is 9.18 Å². The van der Waals surface area contributed by atoms with Crippen molar-refractivity contribution in [3.63, 3.8) is 0 Å². The van der Waals surface area contributed by atoms with Gasteiger partial charge in [0.25, 0.3) is 0 Å². The summed E-state index contributed by atoms with van der Waals surface area (Å²) < 4.78 is 20.5. The molecular formula is C22H24FN5O3. The van der Waals surface area contributed by atoms with Gasteiger partial charge in [0.05, 0.1) is 23.5 Å². The van der Waals surface area contributed by atoms with Crippen molar-refractivity contribution in [3.05, 3.63) is 48.0 Å². The van der Waals surface area contributed by atoms with E-state index in [4.69, 9.17) is 9.84 Å².